The monoisotopic (exact) mass is 475 g/mol. The van der Waals surface area contributed by atoms with Gasteiger partial charge in [-0.2, -0.15) is 0 Å². The molecule has 4 fully saturated rings. The first kappa shape index (κ1) is 20.7. The van der Waals surface area contributed by atoms with Gasteiger partial charge in [-0.05, 0) is 96.6 Å². The average molecular weight is 476 g/mol. The van der Waals surface area contributed by atoms with Crippen molar-refractivity contribution in [2.45, 2.75) is 62.3 Å². The molecule has 0 unspecified atom stereocenters. The Morgan fingerprint density at radius 3 is 2.00 bits per heavy atom. The van der Waals surface area contributed by atoms with Crippen LogP contribution in [-0.2, 0) is 12.0 Å². The molecule has 176 valence electrons. The number of nitrogens with zero attached hydrogens (tertiary/aromatic N) is 1. The zero-order chi connectivity index (χ0) is 23.1. The van der Waals surface area contributed by atoms with Gasteiger partial charge in [-0.3, -0.25) is 0 Å². The highest BCUT2D eigenvalue weighted by Gasteiger charge is 2.52. The lowest BCUT2D eigenvalue weighted by Gasteiger charge is -2.57. The Bertz CT molecular complexity index is 1390. The van der Waals surface area contributed by atoms with Gasteiger partial charge < -0.3 is 4.90 Å². The van der Waals surface area contributed by atoms with Crippen LogP contribution in [-0.4, -0.2) is 5.88 Å². The zero-order valence-electron chi connectivity index (χ0n) is 20.6. The largest absolute Gasteiger partial charge is 0.357 e. The molecule has 0 radical (unpaired) electrons. The highest BCUT2D eigenvalue weighted by Crippen LogP contribution is 2.62. The van der Waals surface area contributed by atoms with E-state index in [9.17, 15) is 0 Å². The normalized spacial score (nSPS) is 29.2. The van der Waals surface area contributed by atoms with Crippen LogP contribution in [0.5, 0.6) is 0 Å². The SMILES string of the molecule is Cc1cc2c(c(C34CC5CC(CC(C5)C3)C4)c1)SCN(c1c3ccccc3cc3ccccc13)C2. The molecule has 4 bridgehead atoms. The van der Waals surface area contributed by atoms with Gasteiger partial charge >= 0.3 is 0 Å². The first-order valence-corrected chi connectivity index (χ1v) is 14.6. The van der Waals surface area contributed by atoms with Crippen molar-refractivity contribution in [3.8, 4) is 0 Å². The molecule has 0 N–H and O–H groups in total. The summed E-state index contributed by atoms with van der Waals surface area (Å²) < 4.78 is 0. The summed E-state index contributed by atoms with van der Waals surface area (Å²) >= 11 is 2.12. The van der Waals surface area contributed by atoms with Crippen molar-refractivity contribution < 1.29 is 0 Å². The maximum Gasteiger partial charge on any atom is 0.0690 e. The summed E-state index contributed by atoms with van der Waals surface area (Å²) in [7, 11) is 0. The van der Waals surface area contributed by atoms with Crippen LogP contribution in [0.3, 0.4) is 0 Å². The van der Waals surface area contributed by atoms with Crippen LogP contribution in [0.15, 0.2) is 71.6 Å². The van der Waals surface area contributed by atoms with Crippen LogP contribution in [0.2, 0.25) is 0 Å². The van der Waals surface area contributed by atoms with Crippen molar-refractivity contribution in [3.63, 3.8) is 0 Å². The Hall–Kier alpha value is -2.45. The van der Waals surface area contributed by atoms with E-state index >= 15 is 0 Å². The summed E-state index contributed by atoms with van der Waals surface area (Å²) in [6.07, 6.45) is 8.90. The van der Waals surface area contributed by atoms with Gasteiger partial charge in [0.15, 0.2) is 0 Å². The van der Waals surface area contributed by atoms with Gasteiger partial charge in [0.05, 0.1) is 11.6 Å². The maximum atomic E-state index is 2.65. The lowest BCUT2D eigenvalue weighted by atomic mass is 9.48. The number of fused-ring (bicyclic) bond motifs is 3. The predicted octanol–water partition coefficient (Wildman–Crippen LogP) is 8.84. The van der Waals surface area contributed by atoms with E-state index in [1.807, 2.05) is 0 Å². The lowest BCUT2D eigenvalue weighted by molar-refractivity contribution is -0.00649. The molecule has 5 aliphatic rings. The van der Waals surface area contributed by atoms with Gasteiger partial charge in [-0.1, -0.05) is 66.2 Å². The number of thioether (sulfide) groups is 1. The number of hydrogen-bond acceptors (Lipinski definition) is 2. The molecule has 2 heteroatoms. The number of benzene rings is 4. The number of rotatable bonds is 2. The van der Waals surface area contributed by atoms with Crippen molar-refractivity contribution in [2.75, 3.05) is 10.8 Å². The van der Waals surface area contributed by atoms with Gasteiger partial charge in [-0.25, -0.2) is 0 Å². The summed E-state index contributed by atoms with van der Waals surface area (Å²) in [5.74, 6) is 4.01. The van der Waals surface area contributed by atoms with Crippen molar-refractivity contribution in [3.05, 3.63) is 83.4 Å². The number of anilines is 1. The molecule has 4 saturated carbocycles. The third kappa shape index (κ3) is 3.15. The van der Waals surface area contributed by atoms with Gasteiger partial charge in [0.2, 0.25) is 0 Å². The molecular formula is C33H33NS. The standard InChI is InChI=1S/C33H33NS/c1-21-10-27-19-34(31-28-8-4-2-6-25(28)15-26-7-3-5-9-29(26)31)20-35-32(27)30(11-21)33-16-22-12-23(17-33)14-24(13-22)18-33/h2-11,15,22-24H,12-14,16-20H2,1H3. The minimum absolute atomic E-state index is 0.464. The van der Waals surface area contributed by atoms with Crippen molar-refractivity contribution in [1.82, 2.24) is 0 Å². The summed E-state index contributed by atoms with van der Waals surface area (Å²) in [6.45, 7) is 3.35. The fourth-order valence-corrected chi connectivity index (χ4v) is 10.1. The molecule has 35 heavy (non-hydrogen) atoms. The van der Waals surface area contributed by atoms with Gasteiger partial charge in [0.25, 0.3) is 0 Å². The maximum absolute atomic E-state index is 2.65. The van der Waals surface area contributed by atoms with Crippen LogP contribution >= 0.6 is 11.8 Å². The highest BCUT2D eigenvalue weighted by molar-refractivity contribution is 7.99. The molecule has 0 atom stereocenters. The Morgan fingerprint density at radius 1 is 0.771 bits per heavy atom. The molecular weight excluding hydrogens is 442 g/mol. The Kier molecular flexibility index (Phi) is 4.45. The van der Waals surface area contributed by atoms with Crippen LogP contribution in [0.1, 0.15) is 55.2 Å². The second-order valence-electron chi connectivity index (χ2n) is 12.1. The average Bonchev–Trinajstić information content (AvgIpc) is 2.85. The fraction of sp³-hybridized carbons (Fsp3) is 0.394. The van der Waals surface area contributed by atoms with E-state index in [0.717, 1.165) is 30.2 Å². The van der Waals surface area contributed by atoms with Gasteiger partial charge in [0, 0.05) is 22.2 Å². The van der Waals surface area contributed by atoms with Crippen LogP contribution in [0, 0.1) is 24.7 Å². The summed E-state index contributed by atoms with van der Waals surface area (Å²) in [5.41, 5.74) is 6.63. The fourth-order valence-electron chi connectivity index (χ4n) is 8.84. The van der Waals surface area contributed by atoms with E-state index in [1.165, 1.54) is 71.3 Å². The zero-order valence-corrected chi connectivity index (χ0v) is 21.4. The van der Waals surface area contributed by atoms with Gasteiger partial charge in [-0.15, -0.1) is 11.8 Å². The molecule has 4 aromatic rings. The third-order valence-corrected chi connectivity index (χ3v) is 10.9. The van der Waals surface area contributed by atoms with Crippen LogP contribution < -0.4 is 4.90 Å². The molecule has 4 aromatic carbocycles. The van der Waals surface area contributed by atoms with E-state index in [2.05, 4.69) is 90.3 Å². The molecule has 0 aromatic heterocycles. The lowest BCUT2D eigenvalue weighted by Crippen LogP contribution is -2.49. The van der Waals surface area contributed by atoms with Crippen LogP contribution in [0.4, 0.5) is 5.69 Å². The van der Waals surface area contributed by atoms with E-state index in [0.29, 0.717) is 5.41 Å². The molecule has 1 heterocycles. The highest BCUT2D eigenvalue weighted by atomic mass is 32.2. The smallest absolute Gasteiger partial charge is 0.0690 e. The molecule has 0 amide bonds. The Labute approximate surface area is 212 Å². The number of hydrogen-bond donors (Lipinski definition) is 0. The van der Waals surface area contributed by atoms with E-state index < -0.39 is 0 Å². The van der Waals surface area contributed by atoms with Crippen molar-refractivity contribution in [2.24, 2.45) is 17.8 Å². The Morgan fingerprint density at radius 2 is 1.37 bits per heavy atom. The summed E-state index contributed by atoms with van der Waals surface area (Å²) in [4.78, 5) is 4.29. The summed E-state index contributed by atoms with van der Waals surface area (Å²) in [5, 5.41) is 5.44. The third-order valence-electron chi connectivity index (χ3n) is 9.70. The molecule has 4 aliphatic carbocycles. The van der Waals surface area contributed by atoms with Crippen molar-refractivity contribution >= 4 is 39.0 Å². The van der Waals surface area contributed by atoms with Crippen LogP contribution in [0.25, 0.3) is 21.5 Å². The quantitative estimate of drug-likeness (QED) is 0.266. The summed E-state index contributed by atoms with van der Waals surface area (Å²) in [6, 6.07) is 25.3. The minimum Gasteiger partial charge on any atom is -0.357 e. The van der Waals surface area contributed by atoms with E-state index in [1.54, 1.807) is 16.0 Å². The predicted molar refractivity (Wildman–Crippen MR) is 149 cm³/mol. The van der Waals surface area contributed by atoms with Gasteiger partial charge in [0.1, 0.15) is 0 Å². The minimum atomic E-state index is 0.464. The molecule has 0 saturated heterocycles. The molecule has 9 rings (SSSR count). The second kappa shape index (κ2) is 7.53. The molecule has 1 nitrogen and oxygen atoms in total. The van der Waals surface area contributed by atoms with E-state index in [4.69, 9.17) is 0 Å². The number of aryl methyl sites for hydroxylation is 1. The first-order valence-electron chi connectivity index (χ1n) is 13.6. The van der Waals surface area contributed by atoms with Crippen molar-refractivity contribution in [1.29, 1.82) is 0 Å². The molecule has 0 spiro atoms. The Balaban J connectivity index is 1.25. The molecule has 1 aliphatic heterocycles. The first-order chi connectivity index (χ1) is 17.1. The second-order valence-corrected chi connectivity index (χ2v) is 13.1. The topological polar surface area (TPSA) is 3.24 Å². The van der Waals surface area contributed by atoms with E-state index in [-0.39, 0.29) is 0 Å².